The molecule has 4 nitrogen and oxygen atoms in total. The van der Waals surface area contributed by atoms with Gasteiger partial charge in [0.05, 0.1) is 0 Å². The molecule has 0 aliphatic rings. The molecule has 1 aromatic carbocycles. The van der Waals surface area contributed by atoms with Gasteiger partial charge in [-0.25, -0.2) is 0 Å². The van der Waals surface area contributed by atoms with E-state index in [4.69, 9.17) is 5.73 Å². The van der Waals surface area contributed by atoms with Crippen LogP contribution in [0, 0.1) is 5.41 Å². The summed E-state index contributed by atoms with van der Waals surface area (Å²) in [4.78, 5) is 15.1. The maximum atomic E-state index is 12.0. The van der Waals surface area contributed by atoms with Crippen molar-refractivity contribution in [2.45, 2.75) is 39.7 Å². The van der Waals surface area contributed by atoms with Crippen LogP contribution in [0.3, 0.4) is 0 Å². The number of amides is 1. The molecule has 4 N–H and O–H groups in total. The van der Waals surface area contributed by atoms with Gasteiger partial charge in [0.1, 0.15) is 0 Å². The molecule has 0 aliphatic heterocycles. The number of aromatic amines is 1. The highest BCUT2D eigenvalue weighted by atomic mass is 16.1. The molecule has 4 heteroatoms. The average molecular weight is 273 g/mol. The largest absolute Gasteiger partial charge is 0.361 e. The van der Waals surface area contributed by atoms with Crippen molar-refractivity contribution in [1.29, 1.82) is 0 Å². The van der Waals surface area contributed by atoms with Crippen molar-refractivity contribution < 1.29 is 4.79 Å². The molecule has 0 saturated carbocycles. The lowest BCUT2D eigenvalue weighted by atomic mass is 9.87. The minimum Gasteiger partial charge on any atom is -0.361 e. The Labute approximate surface area is 119 Å². The maximum absolute atomic E-state index is 12.0. The van der Waals surface area contributed by atoms with E-state index >= 15 is 0 Å². The first kappa shape index (κ1) is 14.6. The molecule has 0 radical (unpaired) electrons. The van der Waals surface area contributed by atoms with Crippen LogP contribution < -0.4 is 11.1 Å². The van der Waals surface area contributed by atoms with E-state index in [1.165, 1.54) is 0 Å². The van der Waals surface area contributed by atoms with Gasteiger partial charge in [0.15, 0.2) is 0 Å². The van der Waals surface area contributed by atoms with Crippen molar-refractivity contribution in [3.8, 4) is 0 Å². The first-order chi connectivity index (χ1) is 9.33. The minimum absolute atomic E-state index is 0.0309. The van der Waals surface area contributed by atoms with Crippen LogP contribution in [0.5, 0.6) is 0 Å². The SMILES string of the molecule is CC(C)(C)CC(N)CC(=O)Nc1ccc2[nH]ccc2c1. The molecule has 2 aromatic rings. The molecule has 20 heavy (non-hydrogen) atoms. The predicted molar refractivity (Wildman–Crippen MR) is 83.6 cm³/mol. The fourth-order valence-corrected chi connectivity index (χ4v) is 2.44. The maximum Gasteiger partial charge on any atom is 0.225 e. The summed E-state index contributed by atoms with van der Waals surface area (Å²) >= 11 is 0. The molecule has 1 amide bonds. The molecule has 108 valence electrons. The molecule has 1 unspecified atom stereocenters. The first-order valence-electron chi connectivity index (χ1n) is 6.96. The Morgan fingerprint density at radius 3 is 2.80 bits per heavy atom. The van der Waals surface area contributed by atoms with E-state index in [0.29, 0.717) is 6.42 Å². The lowest BCUT2D eigenvalue weighted by molar-refractivity contribution is -0.116. The van der Waals surface area contributed by atoms with Gasteiger partial charge in [-0.15, -0.1) is 0 Å². The van der Waals surface area contributed by atoms with Gasteiger partial charge in [0.25, 0.3) is 0 Å². The summed E-state index contributed by atoms with van der Waals surface area (Å²) in [6.07, 6.45) is 3.06. The molecule has 1 heterocycles. The number of aromatic nitrogens is 1. The Kier molecular flexibility index (Phi) is 4.14. The Bertz CT molecular complexity index is 595. The molecule has 0 aliphatic carbocycles. The van der Waals surface area contributed by atoms with E-state index < -0.39 is 0 Å². The number of benzene rings is 1. The minimum atomic E-state index is -0.106. The molecular formula is C16H23N3O. The summed E-state index contributed by atoms with van der Waals surface area (Å²) in [6.45, 7) is 6.39. The molecule has 0 saturated heterocycles. The predicted octanol–water partition coefficient (Wildman–Crippen LogP) is 3.26. The number of nitrogens with one attached hydrogen (secondary N) is 2. The van der Waals surface area contributed by atoms with Crippen molar-refractivity contribution in [2.75, 3.05) is 5.32 Å². The molecule has 1 atom stereocenters. The topological polar surface area (TPSA) is 70.9 Å². The highest BCUT2D eigenvalue weighted by Crippen LogP contribution is 2.22. The van der Waals surface area contributed by atoms with Crippen LogP contribution in [0.25, 0.3) is 10.9 Å². The highest BCUT2D eigenvalue weighted by molar-refractivity contribution is 5.94. The standard InChI is InChI=1S/C16H23N3O/c1-16(2,3)10-12(17)9-15(20)19-13-4-5-14-11(8-13)6-7-18-14/h4-8,12,18H,9-10,17H2,1-3H3,(H,19,20). The zero-order chi connectivity index (χ0) is 14.8. The third-order valence-electron chi connectivity index (χ3n) is 3.16. The number of hydrogen-bond donors (Lipinski definition) is 3. The summed E-state index contributed by atoms with van der Waals surface area (Å²) in [5.41, 5.74) is 8.04. The molecule has 0 bridgehead atoms. The van der Waals surface area contributed by atoms with Crippen molar-refractivity contribution >= 4 is 22.5 Å². The van der Waals surface area contributed by atoms with Crippen LogP contribution >= 0.6 is 0 Å². The number of carbonyl (C=O) groups is 1. The van der Waals surface area contributed by atoms with Crippen molar-refractivity contribution in [2.24, 2.45) is 11.1 Å². The van der Waals surface area contributed by atoms with E-state index in [9.17, 15) is 4.79 Å². The van der Waals surface area contributed by atoms with Gasteiger partial charge in [-0.05, 0) is 36.1 Å². The van der Waals surface area contributed by atoms with E-state index in [1.807, 2.05) is 30.5 Å². The van der Waals surface area contributed by atoms with Crippen LogP contribution in [0.15, 0.2) is 30.5 Å². The second-order valence-corrected chi connectivity index (χ2v) is 6.56. The van der Waals surface area contributed by atoms with Gasteiger partial charge in [-0.1, -0.05) is 20.8 Å². The van der Waals surface area contributed by atoms with Crippen LogP contribution in [0.4, 0.5) is 5.69 Å². The summed E-state index contributed by atoms with van der Waals surface area (Å²) in [6, 6.07) is 7.69. The number of nitrogens with two attached hydrogens (primary N) is 1. The molecule has 0 fully saturated rings. The number of anilines is 1. The van der Waals surface area contributed by atoms with Crippen molar-refractivity contribution in [3.63, 3.8) is 0 Å². The lowest BCUT2D eigenvalue weighted by Crippen LogP contribution is -2.31. The molecule has 0 spiro atoms. The lowest BCUT2D eigenvalue weighted by Gasteiger charge is -2.22. The van der Waals surface area contributed by atoms with Crippen LogP contribution in [-0.4, -0.2) is 16.9 Å². The molecular weight excluding hydrogens is 250 g/mol. The van der Waals surface area contributed by atoms with Crippen molar-refractivity contribution in [1.82, 2.24) is 4.98 Å². The van der Waals surface area contributed by atoms with Gasteiger partial charge in [0.2, 0.25) is 5.91 Å². The highest BCUT2D eigenvalue weighted by Gasteiger charge is 2.18. The summed E-state index contributed by atoms with van der Waals surface area (Å²) in [5.74, 6) is -0.0309. The smallest absolute Gasteiger partial charge is 0.225 e. The van der Waals surface area contributed by atoms with E-state index in [1.54, 1.807) is 0 Å². The average Bonchev–Trinajstić information content (AvgIpc) is 2.72. The van der Waals surface area contributed by atoms with Crippen molar-refractivity contribution in [3.05, 3.63) is 30.5 Å². The number of fused-ring (bicyclic) bond motifs is 1. The third-order valence-corrected chi connectivity index (χ3v) is 3.16. The zero-order valence-corrected chi connectivity index (χ0v) is 12.4. The third kappa shape index (κ3) is 4.10. The number of rotatable bonds is 4. The van der Waals surface area contributed by atoms with E-state index in [0.717, 1.165) is 23.0 Å². The van der Waals surface area contributed by atoms with Gasteiger partial charge in [-0.2, -0.15) is 0 Å². The van der Waals surface area contributed by atoms with Gasteiger partial charge in [-0.3, -0.25) is 4.79 Å². The van der Waals surface area contributed by atoms with Crippen LogP contribution in [-0.2, 0) is 4.79 Å². The van der Waals surface area contributed by atoms with Gasteiger partial charge < -0.3 is 16.0 Å². The van der Waals surface area contributed by atoms with Gasteiger partial charge >= 0.3 is 0 Å². The Morgan fingerprint density at radius 1 is 1.35 bits per heavy atom. The van der Waals surface area contributed by atoms with E-state index in [-0.39, 0.29) is 17.4 Å². The normalized spacial score (nSPS) is 13.4. The second kappa shape index (κ2) is 5.67. The summed E-state index contributed by atoms with van der Waals surface area (Å²) < 4.78 is 0. The number of hydrogen-bond acceptors (Lipinski definition) is 2. The summed E-state index contributed by atoms with van der Waals surface area (Å²) in [5, 5.41) is 3.99. The zero-order valence-electron chi connectivity index (χ0n) is 12.4. The monoisotopic (exact) mass is 273 g/mol. The summed E-state index contributed by atoms with van der Waals surface area (Å²) in [7, 11) is 0. The van der Waals surface area contributed by atoms with Crippen LogP contribution in [0.2, 0.25) is 0 Å². The first-order valence-corrected chi connectivity index (χ1v) is 6.96. The van der Waals surface area contributed by atoms with E-state index in [2.05, 4.69) is 31.1 Å². The fraction of sp³-hybridized carbons (Fsp3) is 0.438. The Hall–Kier alpha value is -1.81. The second-order valence-electron chi connectivity index (χ2n) is 6.56. The van der Waals surface area contributed by atoms with Crippen LogP contribution in [0.1, 0.15) is 33.6 Å². The number of carbonyl (C=O) groups excluding carboxylic acids is 1. The number of H-pyrrole nitrogens is 1. The Balaban J connectivity index is 1.93. The molecule has 1 aromatic heterocycles. The van der Waals surface area contributed by atoms with Gasteiger partial charge in [0, 0.05) is 35.2 Å². The Morgan fingerprint density at radius 2 is 2.10 bits per heavy atom. The fourth-order valence-electron chi connectivity index (χ4n) is 2.44. The quantitative estimate of drug-likeness (QED) is 0.800. The molecule has 2 rings (SSSR count).